The van der Waals surface area contributed by atoms with E-state index in [2.05, 4.69) is 12.7 Å². The monoisotopic (exact) mass is 760 g/mol. The molecule has 6 atom stereocenters. The highest BCUT2D eigenvalue weighted by Crippen LogP contribution is 2.62. The van der Waals surface area contributed by atoms with Gasteiger partial charge in [0.1, 0.15) is 30.8 Å². The van der Waals surface area contributed by atoms with Gasteiger partial charge in [-0.05, 0) is 84.6 Å². The fraction of sp³-hybridized carbons (Fsp3) is 0.488. The number of aliphatic hydroxyl groups is 2. The highest BCUT2D eigenvalue weighted by Gasteiger charge is 2.65. The summed E-state index contributed by atoms with van der Waals surface area (Å²) >= 11 is 6.07. The van der Waals surface area contributed by atoms with Crippen LogP contribution in [0.1, 0.15) is 68.9 Å². The number of amides is 1. The highest BCUT2D eigenvalue weighted by atomic mass is 35.5. The molecule has 11 heteroatoms. The Labute approximate surface area is 323 Å². The van der Waals surface area contributed by atoms with Crippen molar-refractivity contribution in [2.75, 3.05) is 38.9 Å². The van der Waals surface area contributed by atoms with Gasteiger partial charge in [-0.1, -0.05) is 72.6 Å². The van der Waals surface area contributed by atoms with E-state index in [1.54, 1.807) is 29.2 Å². The standard InChI is InChI=1S/C43H53ClN2O8/c1-3-23-52-43-39(46(42(50)51-24-20-44)28-31-15-11-14-29-12-5-6-16-33(29)31)27-37(45-53-4-2)35-25-30(13-7-9-21-47)34(17-8-10-22-48)40(41(35)43)36-26-32(49)18-19-38(36)54-43/h3,5-6,11-12,14-16,18-19,25-26,30,34,39-41,47-49H,1,4,7-10,13,17,20-24,27-28H2,2H3. The fourth-order valence-corrected chi connectivity index (χ4v) is 9.00. The number of fused-ring (bicyclic) bond motifs is 3. The van der Waals surface area contributed by atoms with Crippen molar-refractivity contribution in [2.45, 2.75) is 76.2 Å². The van der Waals surface area contributed by atoms with Gasteiger partial charge < -0.3 is 34.4 Å². The molecule has 2 aliphatic carbocycles. The lowest BCUT2D eigenvalue weighted by Gasteiger charge is -2.59. The predicted octanol–water partition coefficient (Wildman–Crippen LogP) is 8.08. The minimum Gasteiger partial charge on any atom is -0.508 e. The minimum absolute atomic E-state index is 0.0161. The summed E-state index contributed by atoms with van der Waals surface area (Å²) in [5.41, 5.74) is 3.39. The molecule has 6 rings (SSSR count). The van der Waals surface area contributed by atoms with Crippen LogP contribution in [0.5, 0.6) is 11.5 Å². The molecule has 0 saturated heterocycles. The molecule has 3 aromatic carbocycles. The number of hydrogen-bond donors (Lipinski definition) is 3. The second-order valence-corrected chi connectivity index (χ2v) is 14.7. The third-order valence-corrected chi connectivity index (χ3v) is 11.2. The number of alkyl halides is 1. The van der Waals surface area contributed by atoms with Crippen LogP contribution in [0.25, 0.3) is 10.8 Å². The minimum atomic E-state index is -1.45. The first-order valence-corrected chi connectivity index (χ1v) is 19.8. The molecular weight excluding hydrogens is 708 g/mol. The van der Waals surface area contributed by atoms with Crippen molar-refractivity contribution in [2.24, 2.45) is 22.9 Å². The maximum Gasteiger partial charge on any atom is 0.410 e. The second-order valence-electron chi connectivity index (χ2n) is 14.3. The largest absolute Gasteiger partial charge is 0.508 e. The van der Waals surface area contributed by atoms with Crippen molar-refractivity contribution in [1.29, 1.82) is 0 Å². The van der Waals surface area contributed by atoms with E-state index in [4.69, 9.17) is 35.8 Å². The molecule has 0 spiro atoms. The average molecular weight is 761 g/mol. The molecule has 1 aliphatic heterocycles. The summed E-state index contributed by atoms with van der Waals surface area (Å²) < 4.78 is 20.0. The average Bonchev–Trinajstić information content (AvgIpc) is 3.19. The topological polar surface area (TPSA) is 130 Å². The molecule has 290 valence electrons. The summed E-state index contributed by atoms with van der Waals surface area (Å²) in [6.07, 6.45) is 8.22. The smallest absolute Gasteiger partial charge is 0.410 e. The van der Waals surface area contributed by atoms with Crippen LogP contribution in [0.15, 0.2) is 90.1 Å². The molecule has 1 fully saturated rings. The summed E-state index contributed by atoms with van der Waals surface area (Å²) in [6, 6.07) is 18.5. The quantitative estimate of drug-likeness (QED) is 0.0514. The lowest BCUT2D eigenvalue weighted by atomic mass is 9.55. The van der Waals surface area contributed by atoms with E-state index in [-0.39, 0.29) is 68.8 Å². The molecule has 0 aromatic heterocycles. The lowest BCUT2D eigenvalue weighted by molar-refractivity contribution is -0.256. The van der Waals surface area contributed by atoms with E-state index in [1.165, 1.54) is 0 Å². The maximum atomic E-state index is 14.5. The summed E-state index contributed by atoms with van der Waals surface area (Å²) in [6.45, 7) is 6.75. The zero-order chi connectivity index (χ0) is 38.1. The Bertz CT molecular complexity index is 1810. The van der Waals surface area contributed by atoms with E-state index >= 15 is 0 Å². The number of carbonyl (C=O) groups excluding carboxylic acids is 1. The first-order chi connectivity index (χ1) is 26.4. The van der Waals surface area contributed by atoms with E-state index in [0.29, 0.717) is 30.9 Å². The molecule has 0 bridgehead atoms. The van der Waals surface area contributed by atoms with Gasteiger partial charge in [-0.3, -0.25) is 4.90 Å². The normalized spacial score (nSPS) is 24.9. The molecule has 6 unspecified atom stereocenters. The molecular formula is C43H53ClN2O8. The number of allylic oxidation sites excluding steroid dienone is 1. The molecule has 1 amide bonds. The number of hydrogen-bond acceptors (Lipinski definition) is 9. The van der Waals surface area contributed by atoms with Crippen LogP contribution in [-0.4, -0.2) is 82.8 Å². The molecule has 3 N–H and O–H groups in total. The Morgan fingerprint density at radius 2 is 1.85 bits per heavy atom. The molecule has 3 aliphatic rings. The van der Waals surface area contributed by atoms with Crippen LogP contribution >= 0.6 is 11.6 Å². The number of halogens is 1. The van der Waals surface area contributed by atoms with Gasteiger partial charge in [-0.15, -0.1) is 18.2 Å². The Kier molecular flexibility index (Phi) is 13.6. The number of phenolic OH excluding ortho intramolecular Hbond substituents is 1. The number of unbranched alkanes of at least 4 members (excludes halogenated alkanes) is 2. The number of carbonyl (C=O) groups is 1. The number of rotatable bonds is 18. The van der Waals surface area contributed by atoms with Crippen molar-refractivity contribution in [3.8, 4) is 11.5 Å². The zero-order valence-corrected chi connectivity index (χ0v) is 31.8. The molecule has 54 heavy (non-hydrogen) atoms. The third-order valence-electron chi connectivity index (χ3n) is 11.1. The Hall–Kier alpha value is -4.09. The number of ether oxygens (including phenoxy) is 3. The number of benzene rings is 3. The maximum absolute atomic E-state index is 14.5. The van der Waals surface area contributed by atoms with E-state index < -0.39 is 23.8 Å². The first kappa shape index (κ1) is 39.6. The van der Waals surface area contributed by atoms with Crippen LogP contribution in [0.2, 0.25) is 0 Å². The Balaban J connectivity index is 1.60. The van der Waals surface area contributed by atoms with Crippen LogP contribution in [0.4, 0.5) is 4.79 Å². The van der Waals surface area contributed by atoms with Gasteiger partial charge in [0.05, 0.1) is 30.7 Å². The molecule has 0 radical (unpaired) electrons. The van der Waals surface area contributed by atoms with Crippen LogP contribution in [0.3, 0.4) is 0 Å². The summed E-state index contributed by atoms with van der Waals surface area (Å²) in [7, 11) is 0. The molecule has 1 saturated carbocycles. The SMILES string of the molecule is C=CCOC12Oc3ccc(O)cc3C3C(CCCCO)C(CCCCO)C=C(C(=NOCC)CC1N(Cc1cccc4ccccc14)C(=O)OCCCl)C32. The van der Waals surface area contributed by atoms with Crippen molar-refractivity contribution < 1.29 is 39.2 Å². The number of nitrogens with zero attached hydrogens (tertiary/aromatic N) is 2. The van der Waals surface area contributed by atoms with E-state index in [1.807, 2.05) is 49.4 Å². The van der Waals surface area contributed by atoms with E-state index in [9.17, 15) is 20.1 Å². The van der Waals surface area contributed by atoms with Crippen molar-refractivity contribution in [1.82, 2.24) is 4.90 Å². The molecule has 3 aromatic rings. The summed E-state index contributed by atoms with van der Waals surface area (Å²) in [5, 5.41) is 37.3. The van der Waals surface area contributed by atoms with Gasteiger partial charge in [0.15, 0.2) is 0 Å². The Morgan fingerprint density at radius 3 is 2.61 bits per heavy atom. The highest BCUT2D eigenvalue weighted by molar-refractivity contribution is 6.18. The third kappa shape index (κ3) is 8.13. The fourth-order valence-electron chi connectivity index (χ4n) is 8.92. The van der Waals surface area contributed by atoms with Crippen molar-refractivity contribution >= 4 is 34.2 Å². The lowest BCUT2D eigenvalue weighted by Crippen LogP contribution is -2.70. The van der Waals surface area contributed by atoms with E-state index in [0.717, 1.165) is 53.2 Å². The van der Waals surface area contributed by atoms with Gasteiger partial charge in [-0.25, -0.2) is 4.79 Å². The van der Waals surface area contributed by atoms with Gasteiger partial charge in [0.2, 0.25) is 5.79 Å². The van der Waals surface area contributed by atoms with Crippen molar-refractivity contribution in [3.05, 3.63) is 96.1 Å². The zero-order valence-electron chi connectivity index (χ0n) is 31.1. The number of oxime groups is 1. The van der Waals surface area contributed by atoms with Crippen LogP contribution in [0, 0.1) is 17.8 Å². The molecule has 1 heterocycles. The predicted molar refractivity (Wildman–Crippen MR) is 210 cm³/mol. The van der Waals surface area contributed by atoms with Gasteiger partial charge in [0, 0.05) is 31.1 Å². The van der Waals surface area contributed by atoms with Gasteiger partial charge >= 0.3 is 6.09 Å². The van der Waals surface area contributed by atoms with Gasteiger partial charge in [-0.2, -0.15) is 0 Å². The number of aromatic hydroxyl groups is 1. The summed E-state index contributed by atoms with van der Waals surface area (Å²) in [5.74, 6) is -1.23. The van der Waals surface area contributed by atoms with Crippen LogP contribution < -0.4 is 4.74 Å². The van der Waals surface area contributed by atoms with Gasteiger partial charge in [0.25, 0.3) is 0 Å². The van der Waals surface area contributed by atoms with Crippen molar-refractivity contribution in [3.63, 3.8) is 0 Å². The van der Waals surface area contributed by atoms with Crippen LogP contribution in [-0.2, 0) is 20.9 Å². The first-order valence-electron chi connectivity index (χ1n) is 19.3. The summed E-state index contributed by atoms with van der Waals surface area (Å²) in [4.78, 5) is 22.0. The number of phenols is 1. The number of aliphatic hydroxyl groups excluding tert-OH is 2. The Morgan fingerprint density at radius 1 is 1.07 bits per heavy atom. The second kappa shape index (κ2) is 18.5. The molecule has 10 nitrogen and oxygen atoms in total.